The van der Waals surface area contributed by atoms with Crippen LogP contribution >= 0.6 is 0 Å². The number of hydrogen-bond donors (Lipinski definition) is 0. The highest BCUT2D eigenvalue weighted by molar-refractivity contribution is 5.07. The molecule has 4 rings (SSSR count). The van der Waals surface area contributed by atoms with Gasteiger partial charge in [-0.15, -0.1) is 0 Å². The van der Waals surface area contributed by atoms with Gasteiger partial charge in [0.25, 0.3) is 0 Å². The molecule has 0 aromatic heterocycles. The van der Waals surface area contributed by atoms with Crippen LogP contribution in [0.25, 0.3) is 0 Å². The monoisotopic (exact) mass is 302 g/mol. The minimum absolute atomic E-state index is 0.719. The second-order valence-electron chi connectivity index (χ2n) is 10.2. The zero-order valence-corrected chi connectivity index (χ0v) is 15.4. The minimum atomic E-state index is 0.719. The van der Waals surface area contributed by atoms with Crippen molar-refractivity contribution in [3.05, 3.63) is 0 Å². The highest BCUT2D eigenvalue weighted by Crippen LogP contribution is 2.66. The Balaban J connectivity index is 1.54. The normalized spacial score (nSPS) is 54.4. The second-order valence-corrected chi connectivity index (χ2v) is 10.2. The number of hydrogen-bond acceptors (Lipinski definition) is 0. The maximum Gasteiger partial charge on any atom is -0.0266 e. The molecule has 0 heteroatoms. The molecular weight excluding hydrogens is 264 g/mol. The van der Waals surface area contributed by atoms with E-state index in [0.717, 1.165) is 40.4 Å². The van der Waals surface area contributed by atoms with E-state index >= 15 is 0 Å². The summed E-state index contributed by atoms with van der Waals surface area (Å²) in [6, 6.07) is 0. The van der Waals surface area contributed by atoms with Crippen LogP contribution in [0, 0.1) is 40.4 Å². The van der Waals surface area contributed by atoms with E-state index in [4.69, 9.17) is 0 Å². The summed E-state index contributed by atoms with van der Waals surface area (Å²) in [4.78, 5) is 0. The lowest BCUT2D eigenvalue weighted by Crippen LogP contribution is -2.52. The van der Waals surface area contributed by atoms with E-state index in [9.17, 15) is 0 Å². The zero-order chi connectivity index (χ0) is 15.4. The fourth-order valence-electron chi connectivity index (χ4n) is 8.01. The van der Waals surface area contributed by atoms with Gasteiger partial charge in [-0.1, -0.05) is 40.0 Å². The van der Waals surface area contributed by atoms with Crippen molar-refractivity contribution in [3.63, 3.8) is 0 Å². The first kappa shape index (κ1) is 15.5. The summed E-state index contributed by atoms with van der Waals surface area (Å²) in [5.74, 6) is 5.43. The molecule has 7 atom stereocenters. The molecule has 4 aliphatic rings. The predicted molar refractivity (Wildman–Crippen MR) is 94.7 cm³/mol. The summed E-state index contributed by atoms with van der Waals surface area (Å²) in [5.41, 5.74) is 1.46. The van der Waals surface area contributed by atoms with E-state index < -0.39 is 0 Å². The van der Waals surface area contributed by atoms with Crippen LogP contribution in [0.5, 0.6) is 0 Å². The summed E-state index contributed by atoms with van der Waals surface area (Å²) in [6.07, 6.45) is 18.5. The average molecular weight is 303 g/mol. The first-order valence-electron chi connectivity index (χ1n) is 10.6. The van der Waals surface area contributed by atoms with Crippen molar-refractivity contribution < 1.29 is 0 Å². The van der Waals surface area contributed by atoms with Crippen molar-refractivity contribution in [1.82, 2.24) is 0 Å². The first-order valence-corrected chi connectivity index (χ1v) is 10.6. The lowest BCUT2D eigenvalue weighted by Gasteiger charge is -2.60. The van der Waals surface area contributed by atoms with Gasteiger partial charge in [-0.05, 0) is 98.2 Å². The van der Waals surface area contributed by atoms with E-state index in [1.165, 1.54) is 19.3 Å². The Morgan fingerprint density at radius 2 is 1.73 bits per heavy atom. The van der Waals surface area contributed by atoms with E-state index in [1.54, 1.807) is 57.8 Å². The molecule has 0 aromatic carbocycles. The van der Waals surface area contributed by atoms with Gasteiger partial charge in [0.15, 0.2) is 0 Å². The molecule has 4 saturated carbocycles. The maximum absolute atomic E-state index is 2.73. The van der Waals surface area contributed by atoms with Gasteiger partial charge in [-0.3, -0.25) is 0 Å². The van der Waals surface area contributed by atoms with E-state index in [2.05, 4.69) is 20.8 Å². The predicted octanol–water partition coefficient (Wildman–Crippen LogP) is 6.84. The van der Waals surface area contributed by atoms with Gasteiger partial charge in [0.1, 0.15) is 0 Å². The fraction of sp³-hybridized carbons (Fsp3) is 1.00. The summed E-state index contributed by atoms with van der Waals surface area (Å²) in [6.45, 7) is 7.76. The van der Waals surface area contributed by atoms with Gasteiger partial charge in [0.05, 0.1) is 0 Å². The molecule has 22 heavy (non-hydrogen) atoms. The first-order chi connectivity index (χ1) is 10.6. The van der Waals surface area contributed by atoms with Crippen LogP contribution in [0.2, 0.25) is 0 Å². The Bertz CT molecular complexity index is 412. The van der Waals surface area contributed by atoms with Gasteiger partial charge >= 0.3 is 0 Å². The van der Waals surface area contributed by atoms with Gasteiger partial charge < -0.3 is 0 Å². The number of fused-ring (bicyclic) bond motifs is 5. The number of rotatable bonds is 2. The van der Waals surface area contributed by atoms with Crippen LogP contribution in [-0.2, 0) is 0 Å². The van der Waals surface area contributed by atoms with Crippen LogP contribution in [0.15, 0.2) is 0 Å². The van der Waals surface area contributed by atoms with Gasteiger partial charge in [-0.25, -0.2) is 0 Å². The van der Waals surface area contributed by atoms with Gasteiger partial charge in [-0.2, -0.15) is 0 Å². The van der Waals surface area contributed by atoms with Crippen molar-refractivity contribution in [2.45, 2.75) is 97.8 Å². The van der Waals surface area contributed by atoms with Crippen LogP contribution < -0.4 is 0 Å². The molecule has 0 amide bonds. The SMILES string of the molecule is CCC[C@H]1CC[C@@]2(C)[C@@H](CC[C@H]3[C@@H]4CCC[C@@]4(C)CC[C@@H]32)C1. The molecule has 0 aromatic rings. The largest absolute Gasteiger partial charge is 0.0654 e. The van der Waals surface area contributed by atoms with E-state index in [0.29, 0.717) is 0 Å². The molecule has 0 radical (unpaired) electrons. The van der Waals surface area contributed by atoms with Gasteiger partial charge in [0, 0.05) is 0 Å². The molecule has 0 unspecified atom stereocenters. The van der Waals surface area contributed by atoms with E-state index in [1.807, 2.05) is 0 Å². The Morgan fingerprint density at radius 3 is 2.55 bits per heavy atom. The molecule has 126 valence electrons. The van der Waals surface area contributed by atoms with Crippen molar-refractivity contribution >= 4 is 0 Å². The van der Waals surface area contributed by atoms with Crippen molar-refractivity contribution in [2.24, 2.45) is 40.4 Å². The van der Waals surface area contributed by atoms with Crippen LogP contribution in [0.3, 0.4) is 0 Å². The van der Waals surface area contributed by atoms with Crippen LogP contribution in [0.1, 0.15) is 97.8 Å². The summed E-state index contributed by atoms with van der Waals surface area (Å²) in [7, 11) is 0. The third-order valence-corrected chi connectivity index (χ3v) is 9.25. The van der Waals surface area contributed by atoms with Gasteiger partial charge in [0.2, 0.25) is 0 Å². The highest BCUT2D eigenvalue weighted by Gasteiger charge is 2.57. The quantitative estimate of drug-likeness (QED) is 0.524. The lowest BCUT2D eigenvalue weighted by atomic mass is 9.44. The zero-order valence-electron chi connectivity index (χ0n) is 15.4. The molecular formula is C22H38. The Hall–Kier alpha value is 0. The smallest absolute Gasteiger partial charge is 0.0266 e. The molecule has 0 saturated heterocycles. The third kappa shape index (κ3) is 2.22. The molecule has 0 bridgehead atoms. The molecule has 0 aliphatic heterocycles. The summed E-state index contributed by atoms with van der Waals surface area (Å²) >= 11 is 0. The highest BCUT2D eigenvalue weighted by atomic mass is 14.6. The molecule has 4 fully saturated rings. The van der Waals surface area contributed by atoms with Crippen molar-refractivity contribution in [2.75, 3.05) is 0 Å². The lowest BCUT2D eigenvalue weighted by molar-refractivity contribution is -0.111. The Labute approximate surface area is 138 Å². The molecule has 4 aliphatic carbocycles. The van der Waals surface area contributed by atoms with E-state index in [-0.39, 0.29) is 0 Å². The maximum atomic E-state index is 2.73. The summed E-state index contributed by atoms with van der Waals surface area (Å²) in [5, 5.41) is 0. The van der Waals surface area contributed by atoms with Crippen LogP contribution in [0.4, 0.5) is 0 Å². The molecule has 0 heterocycles. The molecule has 0 nitrogen and oxygen atoms in total. The standard InChI is InChI=1S/C22H38/c1-4-6-16-10-14-22(3)17(15-16)8-9-18-19-7-5-12-21(19,2)13-11-20(18)22/h16-20H,4-15H2,1-3H3/t16-,17-,18-,19-,20-,21-,22-/m0/s1. The second kappa shape index (κ2) is 5.52. The van der Waals surface area contributed by atoms with Crippen molar-refractivity contribution in [1.29, 1.82) is 0 Å². The average Bonchev–Trinajstić information content (AvgIpc) is 2.89. The Kier molecular flexibility index (Phi) is 3.90. The topological polar surface area (TPSA) is 0 Å². The minimum Gasteiger partial charge on any atom is -0.0654 e. The van der Waals surface area contributed by atoms with Crippen molar-refractivity contribution in [3.8, 4) is 0 Å². The molecule has 0 spiro atoms. The Morgan fingerprint density at radius 1 is 0.864 bits per heavy atom. The fourth-order valence-corrected chi connectivity index (χ4v) is 8.01. The third-order valence-electron chi connectivity index (χ3n) is 9.25. The molecule has 0 N–H and O–H groups in total. The summed E-state index contributed by atoms with van der Waals surface area (Å²) < 4.78 is 0. The van der Waals surface area contributed by atoms with Crippen LogP contribution in [-0.4, -0.2) is 0 Å².